The summed E-state index contributed by atoms with van der Waals surface area (Å²) in [5.41, 5.74) is 1.30. The van der Waals surface area contributed by atoms with E-state index in [4.69, 9.17) is 0 Å². The second kappa shape index (κ2) is 5.58. The van der Waals surface area contributed by atoms with E-state index in [0.29, 0.717) is 12.2 Å². The van der Waals surface area contributed by atoms with Crippen LogP contribution < -0.4 is 5.32 Å². The van der Waals surface area contributed by atoms with Crippen molar-refractivity contribution in [3.8, 4) is 5.82 Å². The molecule has 0 saturated carbocycles. The summed E-state index contributed by atoms with van der Waals surface area (Å²) in [7, 11) is 1.82. The summed E-state index contributed by atoms with van der Waals surface area (Å²) in [5.74, 6) is 0.570. The lowest BCUT2D eigenvalue weighted by Gasteiger charge is -2.03. The second-order valence-corrected chi connectivity index (χ2v) is 4.50. The number of rotatable bonds is 4. The van der Waals surface area contributed by atoms with Gasteiger partial charge in [-0.05, 0) is 17.7 Å². The van der Waals surface area contributed by atoms with Gasteiger partial charge in [0.25, 0.3) is 5.91 Å². The number of hydrogen-bond donors (Lipinski definition) is 1. The fourth-order valence-electron chi connectivity index (χ4n) is 1.94. The molecular formula is C14H14N6O. The Labute approximate surface area is 121 Å². The molecule has 7 heteroatoms. The number of aromatic nitrogens is 5. The largest absolute Gasteiger partial charge is 0.347 e. The number of nitrogens with one attached hydrogen (secondary N) is 1. The Morgan fingerprint density at radius 2 is 2.19 bits per heavy atom. The Balaban J connectivity index is 1.69. The third-order valence-electron chi connectivity index (χ3n) is 3.03. The zero-order chi connectivity index (χ0) is 14.7. The predicted molar refractivity (Wildman–Crippen MR) is 75.7 cm³/mol. The maximum absolute atomic E-state index is 12.1. The van der Waals surface area contributed by atoms with Crippen LogP contribution in [0.15, 0.2) is 49.1 Å². The third-order valence-corrected chi connectivity index (χ3v) is 3.03. The van der Waals surface area contributed by atoms with Gasteiger partial charge in [0, 0.05) is 38.2 Å². The Morgan fingerprint density at radius 3 is 2.90 bits per heavy atom. The molecule has 21 heavy (non-hydrogen) atoms. The van der Waals surface area contributed by atoms with Gasteiger partial charge >= 0.3 is 0 Å². The Morgan fingerprint density at radius 1 is 1.29 bits per heavy atom. The van der Waals surface area contributed by atoms with E-state index in [1.807, 2.05) is 25.2 Å². The Bertz CT molecular complexity index is 746. The van der Waals surface area contributed by atoms with E-state index in [-0.39, 0.29) is 5.91 Å². The highest BCUT2D eigenvalue weighted by molar-refractivity contribution is 5.92. The van der Waals surface area contributed by atoms with Crippen molar-refractivity contribution >= 4 is 5.91 Å². The van der Waals surface area contributed by atoms with Gasteiger partial charge in [0.15, 0.2) is 11.5 Å². The van der Waals surface area contributed by atoms with Gasteiger partial charge < -0.3 is 5.32 Å². The van der Waals surface area contributed by atoms with Crippen molar-refractivity contribution in [1.29, 1.82) is 0 Å². The van der Waals surface area contributed by atoms with Crippen LogP contribution in [0, 0.1) is 0 Å². The van der Waals surface area contributed by atoms with E-state index in [2.05, 4.69) is 20.5 Å². The molecule has 0 saturated heterocycles. The molecule has 3 aromatic rings. The zero-order valence-electron chi connectivity index (χ0n) is 11.5. The van der Waals surface area contributed by atoms with E-state index >= 15 is 0 Å². The minimum Gasteiger partial charge on any atom is -0.347 e. The normalized spacial score (nSPS) is 10.5. The summed E-state index contributed by atoms with van der Waals surface area (Å²) in [5, 5.41) is 11.1. The minimum absolute atomic E-state index is 0.222. The number of pyridine rings is 1. The molecular weight excluding hydrogens is 268 g/mol. The topological polar surface area (TPSA) is 77.6 Å². The molecule has 0 unspecified atom stereocenters. The molecule has 1 N–H and O–H groups in total. The van der Waals surface area contributed by atoms with Crippen LogP contribution in [0.3, 0.4) is 0 Å². The van der Waals surface area contributed by atoms with Crippen molar-refractivity contribution in [2.45, 2.75) is 6.54 Å². The molecule has 3 heterocycles. The van der Waals surface area contributed by atoms with Crippen molar-refractivity contribution in [1.82, 2.24) is 29.9 Å². The van der Waals surface area contributed by atoms with Crippen molar-refractivity contribution in [2.24, 2.45) is 7.05 Å². The standard InChI is InChI=1S/C14H14N6O/c1-19-13(4-7-17-19)20-8-5-12(18-20)14(21)16-10-11-3-2-6-15-9-11/h2-9H,10H2,1H3,(H,16,21). The Kier molecular flexibility index (Phi) is 3.46. The number of amides is 1. The van der Waals surface area contributed by atoms with Crippen molar-refractivity contribution < 1.29 is 4.79 Å². The number of nitrogens with zero attached hydrogens (tertiary/aromatic N) is 5. The summed E-state index contributed by atoms with van der Waals surface area (Å²) >= 11 is 0. The molecule has 106 valence electrons. The molecule has 7 nitrogen and oxygen atoms in total. The quantitative estimate of drug-likeness (QED) is 0.772. The van der Waals surface area contributed by atoms with Crippen molar-refractivity contribution in [3.63, 3.8) is 0 Å². The summed E-state index contributed by atoms with van der Waals surface area (Å²) < 4.78 is 3.30. The molecule has 0 radical (unpaired) electrons. The maximum Gasteiger partial charge on any atom is 0.272 e. The first-order valence-electron chi connectivity index (χ1n) is 6.45. The van der Waals surface area contributed by atoms with Gasteiger partial charge in [-0.1, -0.05) is 6.07 Å². The summed E-state index contributed by atoms with van der Waals surface area (Å²) in [4.78, 5) is 16.1. The predicted octanol–water partition coefficient (Wildman–Crippen LogP) is 0.931. The van der Waals surface area contributed by atoms with Gasteiger partial charge in [-0.25, -0.2) is 4.68 Å². The minimum atomic E-state index is -0.222. The van der Waals surface area contributed by atoms with Gasteiger partial charge in [-0.3, -0.25) is 14.5 Å². The highest BCUT2D eigenvalue weighted by Crippen LogP contribution is 2.06. The van der Waals surface area contributed by atoms with Crippen LogP contribution in [0.25, 0.3) is 5.82 Å². The van der Waals surface area contributed by atoms with Gasteiger partial charge in [0.05, 0.1) is 6.20 Å². The molecule has 0 aliphatic carbocycles. The fraction of sp³-hybridized carbons (Fsp3) is 0.143. The van der Waals surface area contributed by atoms with Gasteiger partial charge in [-0.15, -0.1) is 0 Å². The van der Waals surface area contributed by atoms with Gasteiger partial charge in [0.2, 0.25) is 0 Å². The lowest BCUT2D eigenvalue weighted by atomic mass is 10.3. The van der Waals surface area contributed by atoms with E-state index in [0.717, 1.165) is 11.4 Å². The lowest BCUT2D eigenvalue weighted by Crippen LogP contribution is -2.23. The first-order chi connectivity index (χ1) is 10.2. The SMILES string of the molecule is Cn1nccc1-n1ccc(C(=O)NCc2cccnc2)n1. The highest BCUT2D eigenvalue weighted by Gasteiger charge is 2.11. The molecule has 0 aliphatic rings. The fourth-order valence-corrected chi connectivity index (χ4v) is 1.94. The van der Waals surface area contributed by atoms with Crippen LogP contribution in [-0.4, -0.2) is 30.5 Å². The van der Waals surface area contributed by atoms with Crippen LogP contribution in [0.1, 0.15) is 16.1 Å². The number of aryl methyl sites for hydroxylation is 1. The van der Waals surface area contributed by atoms with Crippen LogP contribution in [0.5, 0.6) is 0 Å². The average molecular weight is 282 g/mol. The summed E-state index contributed by atoms with van der Waals surface area (Å²) in [6, 6.07) is 7.23. The van der Waals surface area contributed by atoms with Gasteiger partial charge in [0.1, 0.15) is 0 Å². The first kappa shape index (κ1) is 13.0. The first-order valence-corrected chi connectivity index (χ1v) is 6.45. The highest BCUT2D eigenvalue weighted by atomic mass is 16.1. The van der Waals surface area contributed by atoms with Crippen molar-refractivity contribution in [3.05, 3.63) is 60.3 Å². The van der Waals surface area contributed by atoms with E-state index in [1.165, 1.54) is 0 Å². The van der Waals surface area contributed by atoms with Gasteiger partial charge in [-0.2, -0.15) is 10.2 Å². The molecule has 3 aromatic heterocycles. The number of hydrogen-bond acceptors (Lipinski definition) is 4. The molecule has 0 aromatic carbocycles. The Hall–Kier alpha value is -2.96. The molecule has 0 atom stereocenters. The van der Waals surface area contributed by atoms with Crippen molar-refractivity contribution in [2.75, 3.05) is 0 Å². The van der Waals surface area contributed by atoms with Crippen LogP contribution in [0.4, 0.5) is 0 Å². The smallest absolute Gasteiger partial charge is 0.272 e. The number of carbonyl (C=O) groups excluding carboxylic acids is 1. The third kappa shape index (κ3) is 2.81. The lowest BCUT2D eigenvalue weighted by molar-refractivity contribution is 0.0945. The summed E-state index contributed by atoms with van der Waals surface area (Å²) in [6.45, 7) is 0.422. The molecule has 0 aliphatic heterocycles. The molecule has 1 amide bonds. The molecule has 0 fully saturated rings. The average Bonchev–Trinajstić information content (AvgIpc) is 3.14. The second-order valence-electron chi connectivity index (χ2n) is 4.50. The number of carbonyl (C=O) groups is 1. The molecule has 0 bridgehead atoms. The molecule has 3 rings (SSSR count). The van der Waals surface area contributed by atoms with E-state index in [9.17, 15) is 4.79 Å². The maximum atomic E-state index is 12.1. The summed E-state index contributed by atoms with van der Waals surface area (Å²) in [6.07, 6.45) is 6.82. The van der Waals surface area contributed by atoms with Crippen LogP contribution >= 0.6 is 0 Å². The van der Waals surface area contributed by atoms with E-state index < -0.39 is 0 Å². The van der Waals surface area contributed by atoms with Crippen LogP contribution in [0.2, 0.25) is 0 Å². The molecule has 0 spiro atoms. The van der Waals surface area contributed by atoms with Crippen LogP contribution in [-0.2, 0) is 13.6 Å². The monoisotopic (exact) mass is 282 g/mol. The van der Waals surface area contributed by atoms with E-state index in [1.54, 1.807) is 40.2 Å². The zero-order valence-corrected chi connectivity index (χ0v) is 11.5.